The minimum atomic E-state index is -0.0398. The van der Waals surface area contributed by atoms with Gasteiger partial charge in [0.15, 0.2) is 0 Å². The molecule has 0 unspecified atom stereocenters. The maximum absolute atomic E-state index is 12.2. The molecule has 1 heterocycles. The van der Waals surface area contributed by atoms with Gasteiger partial charge in [-0.2, -0.15) is 0 Å². The van der Waals surface area contributed by atoms with Gasteiger partial charge in [0.25, 0.3) is 0 Å². The average Bonchev–Trinajstić information content (AvgIpc) is 2.63. The van der Waals surface area contributed by atoms with Crippen LogP contribution in [0.3, 0.4) is 0 Å². The molecule has 2 rings (SSSR count). The molecule has 0 atom stereocenters. The number of carbonyl (C=O) groups is 1. The summed E-state index contributed by atoms with van der Waals surface area (Å²) in [5.74, 6) is -0.0398. The van der Waals surface area contributed by atoms with Gasteiger partial charge in [-0.3, -0.25) is 4.79 Å². The molecular formula is C11H4Br3ClOS. The molecule has 1 aromatic carbocycles. The second kappa shape index (κ2) is 5.53. The lowest BCUT2D eigenvalue weighted by Crippen LogP contribution is -1.99. The van der Waals surface area contributed by atoms with E-state index in [1.807, 2.05) is 5.38 Å². The van der Waals surface area contributed by atoms with Gasteiger partial charge in [-0.1, -0.05) is 11.6 Å². The van der Waals surface area contributed by atoms with Crippen molar-refractivity contribution in [2.24, 2.45) is 0 Å². The normalized spacial score (nSPS) is 10.6. The molecule has 0 N–H and O–H groups in total. The Morgan fingerprint density at radius 1 is 1.18 bits per heavy atom. The Bertz CT molecular complexity index is 594. The molecule has 0 aliphatic rings. The Morgan fingerprint density at radius 2 is 1.88 bits per heavy atom. The molecule has 0 fully saturated rings. The van der Waals surface area contributed by atoms with Crippen LogP contribution in [0.1, 0.15) is 15.2 Å². The smallest absolute Gasteiger partial charge is 0.204 e. The minimum absolute atomic E-state index is 0.0398. The fourth-order valence-electron chi connectivity index (χ4n) is 1.24. The fourth-order valence-corrected chi connectivity index (χ4v) is 3.79. The van der Waals surface area contributed by atoms with Crippen LogP contribution >= 0.6 is 70.7 Å². The number of hydrogen-bond acceptors (Lipinski definition) is 2. The second-order valence-electron chi connectivity index (χ2n) is 3.18. The highest BCUT2D eigenvalue weighted by atomic mass is 79.9. The number of rotatable bonds is 2. The molecule has 0 saturated carbocycles. The lowest BCUT2D eigenvalue weighted by Gasteiger charge is -2.01. The van der Waals surface area contributed by atoms with E-state index in [-0.39, 0.29) is 5.78 Å². The number of benzene rings is 1. The van der Waals surface area contributed by atoms with Gasteiger partial charge in [0.05, 0.1) is 14.4 Å². The minimum Gasteiger partial charge on any atom is -0.288 e. The van der Waals surface area contributed by atoms with Crippen LogP contribution in [0, 0.1) is 0 Å². The van der Waals surface area contributed by atoms with Gasteiger partial charge in [0.1, 0.15) is 0 Å². The van der Waals surface area contributed by atoms with Gasteiger partial charge < -0.3 is 0 Å². The monoisotopic (exact) mass is 456 g/mol. The lowest BCUT2D eigenvalue weighted by atomic mass is 10.1. The zero-order valence-electron chi connectivity index (χ0n) is 8.14. The van der Waals surface area contributed by atoms with E-state index < -0.39 is 0 Å². The summed E-state index contributed by atoms with van der Waals surface area (Å²) >= 11 is 17.4. The van der Waals surface area contributed by atoms with Crippen molar-refractivity contribution in [1.29, 1.82) is 0 Å². The van der Waals surface area contributed by atoms with Gasteiger partial charge in [-0.05, 0) is 66.0 Å². The van der Waals surface area contributed by atoms with E-state index in [1.165, 1.54) is 11.3 Å². The van der Waals surface area contributed by atoms with Crippen LogP contribution in [-0.4, -0.2) is 5.78 Å². The predicted octanol–water partition coefficient (Wildman–Crippen LogP) is 5.92. The molecule has 0 spiro atoms. The Hall–Kier alpha value is 0.320. The third-order valence-electron chi connectivity index (χ3n) is 2.08. The van der Waals surface area contributed by atoms with Crippen molar-refractivity contribution in [3.05, 3.63) is 52.5 Å². The number of hydrogen-bond donors (Lipinski definition) is 0. The van der Waals surface area contributed by atoms with Crippen molar-refractivity contribution >= 4 is 76.5 Å². The Labute approximate surface area is 133 Å². The molecule has 0 amide bonds. The molecule has 0 radical (unpaired) electrons. The Balaban J connectivity index is 2.44. The molecule has 1 nitrogen and oxygen atoms in total. The van der Waals surface area contributed by atoms with Crippen molar-refractivity contribution in [2.45, 2.75) is 0 Å². The van der Waals surface area contributed by atoms with Gasteiger partial charge in [-0.15, -0.1) is 11.3 Å². The second-order valence-corrected chi connectivity index (χ2v) is 6.97. The van der Waals surface area contributed by atoms with Crippen molar-refractivity contribution in [3.8, 4) is 0 Å². The maximum atomic E-state index is 12.2. The first-order valence-corrected chi connectivity index (χ1v) is 8.06. The van der Waals surface area contributed by atoms with E-state index >= 15 is 0 Å². The molecule has 88 valence electrons. The van der Waals surface area contributed by atoms with Crippen LogP contribution in [-0.2, 0) is 0 Å². The molecule has 6 heteroatoms. The maximum Gasteiger partial charge on any atom is 0.204 e. The Morgan fingerprint density at radius 3 is 2.41 bits per heavy atom. The van der Waals surface area contributed by atoms with Crippen LogP contribution < -0.4 is 0 Å². The number of ketones is 1. The van der Waals surface area contributed by atoms with Crippen molar-refractivity contribution in [2.75, 3.05) is 0 Å². The quantitative estimate of drug-likeness (QED) is 0.510. The molecule has 2 aromatic rings. The summed E-state index contributed by atoms with van der Waals surface area (Å²) in [6.45, 7) is 0. The summed E-state index contributed by atoms with van der Waals surface area (Å²) in [4.78, 5) is 12.9. The summed E-state index contributed by atoms with van der Waals surface area (Å²) < 4.78 is 2.45. The third-order valence-corrected chi connectivity index (χ3v) is 6.84. The van der Waals surface area contributed by atoms with Crippen molar-refractivity contribution in [3.63, 3.8) is 0 Å². The molecule has 1 aromatic heterocycles. The highest BCUT2D eigenvalue weighted by Gasteiger charge is 2.17. The van der Waals surface area contributed by atoms with Crippen molar-refractivity contribution in [1.82, 2.24) is 0 Å². The summed E-state index contributed by atoms with van der Waals surface area (Å²) in [7, 11) is 0. The first-order valence-electron chi connectivity index (χ1n) is 4.43. The molecule has 0 saturated heterocycles. The van der Waals surface area contributed by atoms with E-state index in [1.54, 1.807) is 18.2 Å². The van der Waals surface area contributed by atoms with Crippen LogP contribution in [0.5, 0.6) is 0 Å². The molecule has 17 heavy (non-hydrogen) atoms. The van der Waals surface area contributed by atoms with Crippen LogP contribution in [0.2, 0.25) is 5.02 Å². The summed E-state index contributed by atoms with van der Waals surface area (Å²) in [6.07, 6.45) is 0. The van der Waals surface area contributed by atoms with Gasteiger partial charge in [0, 0.05) is 19.9 Å². The first-order chi connectivity index (χ1) is 8.00. The van der Waals surface area contributed by atoms with Crippen LogP contribution in [0.25, 0.3) is 0 Å². The summed E-state index contributed by atoms with van der Waals surface area (Å²) in [6, 6.07) is 5.18. The third kappa shape index (κ3) is 2.84. The zero-order valence-corrected chi connectivity index (χ0v) is 14.5. The molecule has 0 aliphatic heterocycles. The summed E-state index contributed by atoms with van der Waals surface area (Å²) in [5.41, 5.74) is 0.577. The standard InChI is InChI=1S/C11H4Br3ClOS/c12-6-2-1-5(3-8(6)15)10(16)11-9(14)7(13)4-17-11/h1-4H. The fraction of sp³-hybridized carbons (Fsp3) is 0. The van der Waals surface area contributed by atoms with Crippen LogP contribution in [0.4, 0.5) is 0 Å². The SMILES string of the molecule is O=C(c1ccc(Br)c(Cl)c1)c1scc(Br)c1Br. The molecular weight excluding hydrogens is 455 g/mol. The van der Waals surface area contributed by atoms with E-state index in [4.69, 9.17) is 11.6 Å². The highest BCUT2D eigenvalue weighted by Crippen LogP contribution is 2.34. The number of halogens is 4. The van der Waals surface area contributed by atoms with E-state index in [0.717, 1.165) is 13.4 Å². The van der Waals surface area contributed by atoms with Gasteiger partial charge in [0.2, 0.25) is 5.78 Å². The number of thiophene rings is 1. The molecule has 0 aliphatic carbocycles. The average molecular weight is 459 g/mol. The van der Waals surface area contributed by atoms with E-state index in [2.05, 4.69) is 47.8 Å². The summed E-state index contributed by atoms with van der Waals surface area (Å²) in [5, 5.41) is 2.40. The van der Waals surface area contributed by atoms with Gasteiger partial charge >= 0.3 is 0 Å². The van der Waals surface area contributed by atoms with E-state index in [9.17, 15) is 4.79 Å². The van der Waals surface area contributed by atoms with Gasteiger partial charge in [-0.25, -0.2) is 0 Å². The number of carbonyl (C=O) groups excluding carboxylic acids is 1. The zero-order chi connectivity index (χ0) is 12.6. The molecule has 0 bridgehead atoms. The lowest BCUT2D eigenvalue weighted by molar-refractivity contribution is 0.104. The first kappa shape index (κ1) is 13.7. The van der Waals surface area contributed by atoms with Crippen LogP contribution in [0.15, 0.2) is 37.0 Å². The predicted molar refractivity (Wildman–Crippen MR) is 82.3 cm³/mol. The highest BCUT2D eigenvalue weighted by molar-refractivity contribution is 9.13. The largest absolute Gasteiger partial charge is 0.288 e. The van der Waals surface area contributed by atoms with E-state index in [0.29, 0.717) is 15.5 Å². The van der Waals surface area contributed by atoms with Crippen molar-refractivity contribution < 1.29 is 4.79 Å². The Kier molecular flexibility index (Phi) is 4.47. The topological polar surface area (TPSA) is 17.1 Å².